The maximum Gasteiger partial charge on any atom is 0.333 e. The van der Waals surface area contributed by atoms with Crippen LogP contribution in [0.25, 0.3) is 0 Å². The highest BCUT2D eigenvalue weighted by atomic mass is 32.2. The molecule has 2 aromatic rings. The average Bonchev–Trinajstić information content (AvgIpc) is 2.83. The standard InChI is InChI=1S/C28H44N4O6S/c1-8-17-39(36,37)23-11-9-22(10-12-23)38-28(6,7)24(33)19-29-13-15-30(16-14-29)25-18-26(34)32(21(4)5)27(35)31(25)20(2)3/h9-12,18,20-21,24,33H,8,13-17,19H2,1-7H3. The number of aliphatic hydroxyl groups is 1. The molecule has 1 unspecified atom stereocenters. The van der Waals surface area contributed by atoms with Gasteiger partial charge in [0.05, 0.1) is 10.6 Å². The number of aliphatic hydroxyl groups excluding tert-OH is 1. The van der Waals surface area contributed by atoms with Gasteiger partial charge in [-0.3, -0.25) is 18.8 Å². The Kier molecular flexibility index (Phi) is 9.72. The lowest BCUT2D eigenvalue weighted by molar-refractivity contribution is -0.0450. The first-order valence-corrected chi connectivity index (χ1v) is 15.4. The summed E-state index contributed by atoms with van der Waals surface area (Å²) in [6.07, 6.45) is -0.259. The van der Waals surface area contributed by atoms with Crippen molar-refractivity contribution < 1.29 is 18.3 Å². The van der Waals surface area contributed by atoms with Gasteiger partial charge in [0.25, 0.3) is 5.56 Å². The SMILES string of the molecule is CCCS(=O)(=O)c1ccc(OC(C)(C)C(O)CN2CCN(c3cc(=O)n(C(C)C)c(=O)n3C(C)C)CC2)cc1. The highest BCUT2D eigenvalue weighted by Crippen LogP contribution is 2.25. The molecule has 0 aliphatic carbocycles. The first-order chi connectivity index (χ1) is 18.2. The van der Waals surface area contributed by atoms with Gasteiger partial charge < -0.3 is 14.7 Å². The zero-order chi connectivity index (χ0) is 29.1. The van der Waals surface area contributed by atoms with Gasteiger partial charge in [0.2, 0.25) is 0 Å². The molecule has 1 aromatic carbocycles. The minimum Gasteiger partial charge on any atom is -0.485 e. The lowest BCUT2D eigenvalue weighted by Crippen LogP contribution is -2.54. The molecule has 1 saturated heterocycles. The smallest absolute Gasteiger partial charge is 0.333 e. The quantitative estimate of drug-likeness (QED) is 0.443. The summed E-state index contributed by atoms with van der Waals surface area (Å²) in [6, 6.07) is 7.56. The number of benzene rings is 1. The van der Waals surface area contributed by atoms with Crippen molar-refractivity contribution in [1.29, 1.82) is 0 Å². The Morgan fingerprint density at radius 1 is 0.949 bits per heavy atom. The van der Waals surface area contributed by atoms with E-state index in [1.165, 1.54) is 16.7 Å². The van der Waals surface area contributed by atoms with E-state index in [0.29, 0.717) is 50.7 Å². The van der Waals surface area contributed by atoms with Gasteiger partial charge in [0, 0.05) is 50.9 Å². The predicted molar refractivity (Wildman–Crippen MR) is 154 cm³/mol. The van der Waals surface area contributed by atoms with Gasteiger partial charge in [-0.05, 0) is 72.2 Å². The van der Waals surface area contributed by atoms with Crippen molar-refractivity contribution in [3.8, 4) is 5.75 Å². The van der Waals surface area contributed by atoms with E-state index >= 15 is 0 Å². The monoisotopic (exact) mass is 564 g/mol. The number of aromatic nitrogens is 2. The predicted octanol–water partition coefficient (Wildman–Crippen LogP) is 2.70. The highest BCUT2D eigenvalue weighted by Gasteiger charge is 2.33. The van der Waals surface area contributed by atoms with Gasteiger partial charge in [0.1, 0.15) is 23.3 Å². The fraction of sp³-hybridized carbons (Fsp3) is 0.643. The van der Waals surface area contributed by atoms with Crippen LogP contribution < -0.4 is 20.9 Å². The number of rotatable bonds is 11. The van der Waals surface area contributed by atoms with Gasteiger partial charge in [-0.25, -0.2) is 13.2 Å². The third kappa shape index (κ3) is 7.12. The van der Waals surface area contributed by atoms with E-state index in [9.17, 15) is 23.1 Å². The van der Waals surface area contributed by atoms with Crippen LogP contribution in [0.1, 0.15) is 67.0 Å². The molecule has 1 aliphatic rings. The zero-order valence-electron chi connectivity index (χ0n) is 24.3. The summed E-state index contributed by atoms with van der Waals surface area (Å²) in [6.45, 7) is 15.9. The first-order valence-electron chi connectivity index (χ1n) is 13.7. The van der Waals surface area contributed by atoms with E-state index < -0.39 is 21.5 Å². The van der Waals surface area contributed by atoms with Crippen LogP contribution >= 0.6 is 0 Å². The molecule has 1 fully saturated rings. The number of sulfone groups is 1. The van der Waals surface area contributed by atoms with Crippen LogP contribution in [0.2, 0.25) is 0 Å². The molecule has 3 rings (SSSR count). The summed E-state index contributed by atoms with van der Waals surface area (Å²) < 4.78 is 33.6. The minimum atomic E-state index is -3.30. The molecule has 0 radical (unpaired) electrons. The van der Waals surface area contributed by atoms with Crippen LogP contribution in [0, 0.1) is 0 Å². The lowest BCUT2D eigenvalue weighted by atomic mass is 10.0. The van der Waals surface area contributed by atoms with E-state index in [2.05, 4.69) is 9.80 Å². The van der Waals surface area contributed by atoms with Crippen LogP contribution in [0.15, 0.2) is 44.8 Å². The van der Waals surface area contributed by atoms with Crippen molar-refractivity contribution in [2.45, 2.75) is 83.6 Å². The van der Waals surface area contributed by atoms with Gasteiger partial charge in [-0.1, -0.05) is 6.92 Å². The van der Waals surface area contributed by atoms with E-state index in [4.69, 9.17) is 4.74 Å². The highest BCUT2D eigenvalue weighted by molar-refractivity contribution is 7.91. The number of ether oxygens (including phenoxy) is 1. The lowest BCUT2D eigenvalue weighted by Gasteiger charge is -2.40. The topological polar surface area (TPSA) is 114 Å². The largest absolute Gasteiger partial charge is 0.485 e. The molecular formula is C28H44N4O6S. The third-order valence-corrected chi connectivity index (χ3v) is 9.08. The van der Waals surface area contributed by atoms with Crippen LogP contribution in [-0.4, -0.2) is 77.7 Å². The van der Waals surface area contributed by atoms with Crippen LogP contribution in [0.5, 0.6) is 5.75 Å². The molecule has 1 aromatic heterocycles. The Balaban J connectivity index is 1.65. The molecule has 0 spiro atoms. The van der Waals surface area contributed by atoms with Crippen molar-refractivity contribution in [2.24, 2.45) is 0 Å². The van der Waals surface area contributed by atoms with Crippen LogP contribution in [-0.2, 0) is 9.84 Å². The Morgan fingerprint density at radius 2 is 1.51 bits per heavy atom. The maximum atomic E-state index is 13.1. The first kappa shape index (κ1) is 30.9. The summed E-state index contributed by atoms with van der Waals surface area (Å²) in [4.78, 5) is 30.3. The van der Waals surface area contributed by atoms with Gasteiger partial charge >= 0.3 is 5.69 Å². The summed E-state index contributed by atoms with van der Waals surface area (Å²) in [7, 11) is -3.30. The summed E-state index contributed by atoms with van der Waals surface area (Å²) in [5, 5.41) is 11.0. The molecule has 1 aliphatic heterocycles. The van der Waals surface area contributed by atoms with Crippen LogP contribution in [0.3, 0.4) is 0 Å². The summed E-state index contributed by atoms with van der Waals surface area (Å²) in [5.74, 6) is 1.22. The van der Waals surface area contributed by atoms with E-state index in [-0.39, 0.29) is 34.0 Å². The normalized spacial score (nSPS) is 16.2. The number of hydrogen-bond acceptors (Lipinski definition) is 8. The van der Waals surface area contributed by atoms with E-state index in [1.807, 2.05) is 34.6 Å². The average molecular weight is 565 g/mol. The molecule has 0 bridgehead atoms. The molecule has 2 heterocycles. The van der Waals surface area contributed by atoms with Crippen molar-refractivity contribution in [3.05, 3.63) is 51.2 Å². The van der Waals surface area contributed by atoms with Crippen molar-refractivity contribution in [2.75, 3.05) is 43.4 Å². The minimum absolute atomic E-state index is 0.0977. The van der Waals surface area contributed by atoms with Gasteiger partial charge in [-0.2, -0.15) is 0 Å². The molecule has 0 amide bonds. The van der Waals surface area contributed by atoms with Crippen LogP contribution in [0.4, 0.5) is 5.82 Å². The number of piperazine rings is 1. The second kappa shape index (κ2) is 12.3. The number of nitrogens with zero attached hydrogens (tertiary/aromatic N) is 4. The van der Waals surface area contributed by atoms with Crippen molar-refractivity contribution >= 4 is 15.7 Å². The van der Waals surface area contributed by atoms with Gasteiger partial charge in [-0.15, -0.1) is 0 Å². The number of anilines is 1. The molecule has 0 saturated carbocycles. The Labute approximate surface area is 231 Å². The van der Waals surface area contributed by atoms with Crippen molar-refractivity contribution in [1.82, 2.24) is 14.0 Å². The maximum absolute atomic E-state index is 13.1. The zero-order valence-corrected chi connectivity index (χ0v) is 25.1. The fourth-order valence-electron chi connectivity index (χ4n) is 4.86. The molecule has 39 heavy (non-hydrogen) atoms. The Bertz CT molecular complexity index is 1340. The van der Waals surface area contributed by atoms with E-state index in [1.54, 1.807) is 36.6 Å². The summed E-state index contributed by atoms with van der Waals surface area (Å²) in [5.41, 5.74) is -1.51. The Hall–Kier alpha value is -2.63. The Morgan fingerprint density at radius 3 is 2.03 bits per heavy atom. The molecular weight excluding hydrogens is 520 g/mol. The molecule has 218 valence electrons. The molecule has 1 N–H and O–H groups in total. The second-order valence-electron chi connectivity index (χ2n) is 11.4. The van der Waals surface area contributed by atoms with Crippen molar-refractivity contribution in [3.63, 3.8) is 0 Å². The molecule has 1 atom stereocenters. The molecule has 11 heteroatoms. The second-order valence-corrected chi connectivity index (χ2v) is 13.5. The molecule has 10 nitrogen and oxygen atoms in total. The third-order valence-electron chi connectivity index (χ3n) is 7.15. The number of β-amino-alcohol motifs (C(OH)–C–C–N with tert-alkyl or cyclic N) is 1. The summed E-state index contributed by atoms with van der Waals surface area (Å²) >= 11 is 0. The number of hydrogen-bond donors (Lipinski definition) is 1. The van der Waals surface area contributed by atoms with E-state index in [0.717, 1.165) is 0 Å². The van der Waals surface area contributed by atoms with Gasteiger partial charge in [0.15, 0.2) is 9.84 Å². The fourth-order valence-corrected chi connectivity index (χ4v) is 6.18.